The molecule has 6 nitrogen and oxygen atoms in total. The van der Waals surface area contributed by atoms with Crippen LogP contribution in [0.15, 0.2) is 30.9 Å². The van der Waals surface area contributed by atoms with Crippen LogP contribution < -0.4 is 5.32 Å². The Morgan fingerprint density at radius 2 is 2.27 bits per heavy atom. The van der Waals surface area contributed by atoms with E-state index in [0.29, 0.717) is 27.3 Å². The van der Waals surface area contributed by atoms with Crippen molar-refractivity contribution in [3.8, 4) is 10.7 Å². The number of carbonyl (C=O) groups is 1. The minimum absolute atomic E-state index is 0.201. The molecular formula is C16H13Cl2N5OS2. The van der Waals surface area contributed by atoms with Crippen LogP contribution in [0.3, 0.4) is 0 Å². The molecule has 26 heavy (non-hydrogen) atoms. The number of nitrogens with zero attached hydrogens (tertiary/aromatic N) is 3. The number of thiazole rings is 1. The predicted octanol–water partition coefficient (Wildman–Crippen LogP) is 5.12. The Morgan fingerprint density at radius 1 is 1.50 bits per heavy atom. The second-order valence-corrected chi connectivity index (χ2v) is 7.41. The Labute approximate surface area is 168 Å². The molecule has 0 aliphatic heterocycles. The number of H-pyrrole nitrogens is 1. The first-order valence-electron chi connectivity index (χ1n) is 7.41. The van der Waals surface area contributed by atoms with Gasteiger partial charge in [0.25, 0.3) is 5.91 Å². The summed E-state index contributed by atoms with van der Waals surface area (Å²) in [5.41, 5.74) is 1.00. The molecule has 0 saturated heterocycles. The lowest BCUT2D eigenvalue weighted by Crippen LogP contribution is -2.12. The number of hydrogen-bond acceptors (Lipinski definition) is 5. The number of anilines is 1. The fourth-order valence-electron chi connectivity index (χ4n) is 2.29. The van der Waals surface area contributed by atoms with Gasteiger partial charge in [0.1, 0.15) is 0 Å². The molecule has 1 amide bonds. The number of benzene rings is 1. The molecule has 0 saturated carbocycles. The largest absolute Gasteiger partial charge is 0.298 e. The van der Waals surface area contributed by atoms with Crippen LogP contribution in [-0.2, 0) is 6.54 Å². The maximum atomic E-state index is 12.5. The fourth-order valence-corrected chi connectivity index (χ4v) is 3.84. The lowest BCUT2D eigenvalue weighted by atomic mass is 10.2. The highest BCUT2D eigenvalue weighted by Crippen LogP contribution is 2.32. The smallest absolute Gasteiger partial charge is 0.259 e. The van der Waals surface area contributed by atoms with Crippen molar-refractivity contribution in [1.82, 2.24) is 19.7 Å². The molecule has 1 aromatic carbocycles. The van der Waals surface area contributed by atoms with Gasteiger partial charge in [0.05, 0.1) is 26.2 Å². The van der Waals surface area contributed by atoms with Crippen molar-refractivity contribution in [2.45, 2.75) is 13.5 Å². The van der Waals surface area contributed by atoms with E-state index in [4.69, 9.17) is 35.4 Å². The molecule has 0 aliphatic rings. The van der Waals surface area contributed by atoms with Gasteiger partial charge in [0.2, 0.25) is 0 Å². The van der Waals surface area contributed by atoms with E-state index in [0.717, 1.165) is 10.6 Å². The topological polar surface area (TPSA) is 75.6 Å². The zero-order valence-electron chi connectivity index (χ0n) is 13.5. The first-order chi connectivity index (χ1) is 12.4. The number of aromatic nitrogens is 4. The molecule has 2 aromatic heterocycles. The molecule has 0 unspecified atom stereocenters. The summed E-state index contributed by atoms with van der Waals surface area (Å²) >= 11 is 18.6. The highest BCUT2D eigenvalue weighted by Gasteiger charge is 2.19. The van der Waals surface area contributed by atoms with Crippen molar-refractivity contribution in [3.05, 3.63) is 56.9 Å². The summed E-state index contributed by atoms with van der Waals surface area (Å²) in [5.74, 6) is 0.258. The molecular weight excluding hydrogens is 413 g/mol. The van der Waals surface area contributed by atoms with Gasteiger partial charge >= 0.3 is 0 Å². The second kappa shape index (κ2) is 7.71. The van der Waals surface area contributed by atoms with Gasteiger partial charge in [0.15, 0.2) is 15.7 Å². The Balaban J connectivity index is 1.92. The van der Waals surface area contributed by atoms with Crippen molar-refractivity contribution >= 4 is 57.8 Å². The highest BCUT2D eigenvalue weighted by atomic mass is 35.5. The molecule has 10 heteroatoms. The number of aromatic amines is 1. The van der Waals surface area contributed by atoms with E-state index in [-0.39, 0.29) is 16.5 Å². The molecule has 0 bridgehead atoms. The van der Waals surface area contributed by atoms with Crippen LogP contribution in [0, 0.1) is 11.7 Å². The maximum absolute atomic E-state index is 12.5. The van der Waals surface area contributed by atoms with E-state index in [2.05, 4.69) is 27.1 Å². The van der Waals surface area contributed by atoms with E-state index < -0.39 is 0 Å². The third-order valence-corrected chi connectivity index (χ3v) is 5.69. The van der Waals surface area contributed by atoms with Gasteiger partial charge in [-0.05, 0) is 31.3 Å². The van der Waals surface area contributed by atoms with Crippen LogP contribution in [0.2, 0.25) is 10.0 Å². The van der Waals surface area contributed by atoms with E-state index in [1.165, 1.54) is 11.3 Å². The molecule has 3 aromatic rings. The van der Waals surface area contributed by atoms with Crippen LogP contribution in [-0.4, -0.2) is 25.7 Å². The fraction of sp³-hybridized carbons (Fsp3) is 0.125. The normalized spacial score (nSPS) is 10.7. The number of amides is 1. The van der Waals surface area contributed by atoms with E-state index in [1.807, 2.05) is 11.5 Å². The van der Waals surface area contributed by atoms with Gasteiger partial charge in [-0.15, -0.1) is 6.58 Å². The van der Waals surface area contributed by atoms with Crippen LogP contribution in [0.4, 0.5) is 5.13 Å². The number of aryl methyl sites for hydroxylation is 1. The van der Waals surface area contributed by atoms with E-state index >= 15 is 0 Å². The minimum atomic E-state index is -0.386. The lowest BCUT2D eigenvalue weighted by Gasteiger charge is -2.05. The van der Waals surface area contributed by atoms with E-state index in [9.17, 15) is 4.79 Å². The predicted molar refractivity (Wildman–Crippen MR) is 108 cm³/mol. The summed E-state index contributed by atoms with van der Waals surface area (Å²) < 4.78 is 2.30. The average Bonchev–Trinajstić information content (AvgIpc) is 3.13. The zero-order chi connectivity index (χ0) is 18.8. The van der Waals surface area contributed by atoms with Crippen molar-refractivity contribution < 1.29 is 4.79 Å². The quantitative estimate of drug-likeness (QED) is 0.439. The van der Waals surface area contributed by atoms with Crippen LogP contribution >= 0.6 is 46.8 Å². The summed E-state index contributed by atoms with van der Waals surface area (Å²) in [5, 5.41) is 10.7. The van der Waals surface area contributed by atoms with Crippen LogP contribution in [0.1, 0.15) is 16.1 Å². The van der Waals surface area contributed by atoms with Crippen LogP contribution in [0.5, 0.6) is 0 Å². The summed E-state index contributed by atoms with van der Waals surface area (Å²) in [6, 6.07) is 4.88. The maximum Gasteiger partial charge on any atom is 0.259 e. The molecule has 0 aliphatic carbocycles. The molecule has 0 spiro atoms. The molecule has 2 heterocycles. The molecule has 0 atom stereocenters. The monoisotopic (exact) mass is 425 g/mol. The number of nitrogens with one attached hydrogen (secondary N) is 2. The first kappa shape index (κ1) is 18.8. The highest BCUT2D eigenvalue weighted by molar-refractivity contribution is 7.71. The third kappa shape index (κ3) is 3.59. The van der Waals surface area contributed by atoms with Gasteiger partial charge in [-0.25, -0.2) is 4.98 Å². The van der Waals surface area contributed by atoms with Crippen LogP contribution in [0.25, 0.3) is 10.7 Å². The summed E-state index contributed by atoms with van der Waals surface area (Å²) in [7, 11) is 0. The first-order valence-corrected chi connectivity index (χ1v) is 9.39. The van der Waals surface area contributed by atoms with Gasteiger partial charge < -0.3 is 0 Å². The summed E-state index contributed by atoms with van der Waals surface area (Å²) in [4.78, 5) is 17.7. The number of rotatable bonds is 5. The number of halogens is 2. The van der Waals surface area contributed by atoms with Crippen molar-refractivity contribution in [3.63, 3.8) is 0 Å². The summed E-state index contributed by atoms with van der Waals surface area (Å²) in [6.07, 6.45) is 1.73. The second-order valence-electron chi connectivity index (χ2n) is 5.24. The van der Waals surface area contributed by atoms with Gasteiger partial charge in [0, 0.05) is 6.54 Å². The number of hydrogen-bond donors (Lipinski definition) is 2. The standard InChI is InChI=1S/C16H13Cl2N5OS2/c1-3-7-23-13(21-22-16(23)25)12-8(2)19-15(26-12)20-14(24)9-5-4-6-10(17)11(9)18/h3-6H,1,7H2,2H3,(H,22,25)(H,19,20,24). The minimum Gasteiger partial charge on any atom is -0.298 e. The molecule has 0 fully saturated rings. The third-order valence-electron chi connectivity index (χ3n) is 3.49. The molecule has 0 radical (unpaired) electrons. The van der Waals surface area contributed by atoms with Gasteiger partial charge in [-0.2, -0.15) is 5.10 Å². The van der Waals surface area contributed by atoms with Gasteiger partial charge in [-0.1, -0.05) is 46.7 Å². The Bertz CT molecular complexity index is 1050. The van der Waals surface area contributed by atoms with Crippen molar-refractivity contribution in [2.75, 3.05) is 5.32 Å². The van der Waals surface area contributed by atoms with E-state index in [1.54, 1.807) is 24.3 Å². The molecule has 3 rings (SSSR count). The summed E-state index contributed by atoms with van der Waals surface area (Å²) in [6.45, 7) is 6.08. The van der Waals surface area contributed by atoms with Gasteiger partial charge in [-0.3, -0.25) is 19.8 Å². The van der Waals surface area contributed by atoms with Crippen molar-refractivity contribution in [2.24, 2.45) is 0 Å². The number of carbonyl (C=O) groups excluding carboxylic acids is 1. The Morgan fingerprint density at radius 3 is 3.00 bits per heavy atom. The number of allylic oxidation sites excluding steroid dienone is 1. The molecule has 2 N–H and O–H groups in total. The average molecular weight is 426 g/mol. The SMILES string of the molecule is C=CCn1c(-c2sc(NC(=O)c3cccc(Cl)c3Cl)nc2C)n[nH]c1=S. The Hall–Kier alpha value is -2.00. The Kier molecular flexibility index (Phi) is 5.57. The van der Waals surface area contributed by atoms with Crippen molar-refractivity contribution in [1.29, 1.82) is 0 Å². The zero-order valence-corrected chi connectivity index (χ0v) is 16.7. The molecule has 134 valence electrons. The lowest BCUT2D eigenvalue weighted by molar-refractivity contribution is 0.102.